The molecule has 3 nitrogen and oxygen atoms in total. The van der Waals surface area contributed by atoms with Crippen molar-refractivity contribution < 1.29 is 14.6 Å². The van der Waals surface area contributed by atoms with E-state index in [-0.39, 0.29) is 6.61 Å². The van der Waals surface area contributed by atoms with Gasteiger partial charge in [-0.05, 0) is 24.3 Å². The Labute approximate surface area is 90.0 Å². The van der Waals surface area contributed by atoms with Gasteiger partial charge in [0.1, 0.15) is 18.1 Å². The average Bonchev–Trinajstić information content (AvgIpc) is 2.28. The summed E-state index contributed by atoms with van der Waals surface area (Å²) in [5.74, 6) is 1.58. The van der Waals surface area contributed by atoms with Gasteiger partial charge < -0.3 is 14.6 Å². The number of hydrogen-bond donors (Lipinski definition) is 1. The van der Waals surface area contributed by atoms with E-state index in [9.17, 15) is 0 Å². The van der Waals surface area contributed by atoms with E-state index in [0.717, 1.165) is 11.5 Å². The van der Waals surface area contributed by atoms with Crippen molar-refractivity contribution in [1.29, 1.82) is 0 Å². The predicted octanol–water partition coefficient (Wildman–Crippen LogP) is 2.01. The standard InChI is InChI=1S/C12H16O3/c1-2-9-14-11-4-6-12(7-5-11)15-10-3-8-13/h2,4-7,13H,1,3,8-10H2. The van der Waals surface area contributed by atoms with Gasteiger partial charge in [-0.1, -0.05) is 12.7 Å². The summed E-state index contributed by atoms with van der Waals surface area (Å²) >= 11 is 0. The maximum absolute atomic E-state index is 8.58. The molecule has 0 spiro atoms. The molecule has 0 saturated heterocycles. The molecule has 0 amide bonds. The van der Waals surface area contributed by atoms with Crippen LogP contribution >= 0.6 is 0 Å². The topological polar surface area (TPSA) is 38.7 Å². The van der Waals surface area contributed by atoms with Gasteiger partial charge in [0.15, 0.2) is 0 Å². The Kier molecular flexibility index (Phi) is 5.33. The van der Waals surface area contributed by atoms with Crippen LogP contribution in [0.2, 0.25) is 0 Å². The molecule has 0 saturated carbocycles. The normalized spacial score (nSPS) is 9.67. The smallest absolute Gasteiger partial charge is 0.120 e. The number of rotatable bonds is 7. The van der Waals surface area contributed by atoms with Crippen LogP contribution in [0.1, 0.15) is 6.42 Å². The van der Waals surface area contributed by atoms with Gasteiger partial charge in [0.25, 0.3) is 0 Å². The highest BCUT2D eigenvalue weighted by atomic mass is 16.5. The molecular weight excluding hydrogens is 192 g/mol. The maximum atomic E-state index is 8.58. The van der Waals surface area contributed by atoms with Crippen molar-refractivity contribution in [1.82, 2.24) is 0 Å². The van der Waals surface area contributed by atoms with Crippen LogP contribution in [0.25, 0.3) is 0 Å². The van der Waals surface area contributed by atoms with Crippen LogP contribution in [-0.2, 0) is 0 Å². The van der Waals surface area contributed by atoms with E-state index in [0.29, 0.717) is 19.6 Å². The fourth-order valence-corrected chi connectivity index (χ4v) is 1.04. The maximum Gasteiger partial charge on any atom is 0.120 e. The molecule has 0 fully saturated rings. The van der Waals surface area contributed by atoms with Crippen molar-refractivity contribution in [2.45, 2.75) is 6.42 Å². The highest BCUT2D eigenvalue weighted by Gasteiger charge is 1.95. The lowest BCUT2D eigenvalue weighted by atomic mass is 10.3. The fourth-order valence-electron chi connectivity index (χ4n) is 1.04. The van der Waals surface area contributed by atoms with E-state index < -0.39 is 0 Å². The van der Waals surface area contributed by atoms with Crippen molar-refractivity contribution in [2.75, 3.05) is 19.8 Å². The highest BCUT2D eigenvalue weighted by Crippen LogP contribution is 2.17. The lowest BCUT2D eigenvalue weighted by Crippen LogP contribution is -1.99. The molecule has 1 aromatic carbocycles. The van der Waals surface area contributed by atoms with E-state index in [1.165, 1.54) is 0 Å². The second-order valence-electron chi connectivity index (χ2n) is 3.00. The predicted molar refractivity (Wildman–Crippen MR) is 59.3 cm³/mol. The number of aliphatic hydroxyl groups is 1. The molecule has 0 aliphatic heterocycles. The van der Waals surface area contributed by atoms with Crippen molar-refractivity contribution in [3.05, 3.63) is 36.9 Å². The minimum absolute atomic E-state index is 0.153. The van der Waals surface area contributed by atoms with E-state index >= 15 is 0 Å². The highest BCUT2D eigenvalue weighted by molar-refractivity contribution is 5.31. The summed E-state index contributed by atoms with van der Waals surface area (Å²) in [5.41, 5.74) is 0. The van der Waals surface area contributed by atoms with Crippen LogP contribution in [0.4, 0.5) is 0 Å². The SMILES string of the molecule is C=CCOc1ccc(OCCCO)cc1. The Hall–Kier alpha value is -1.48. The Morgan fingerprint density at radius 2 is 1.73 bits per heavy atom. The Bertz CT molecular complexity index is 279. The molecule has 1 N–H and O–H groups in total. The van der Waals surface area contributed by atoms with Gasteiger partial charge in [0, 0.05) is 13.0 Å². The second kappa shape index (κ2) is 6.90. The number of benzene rings is 1. The lowest BCUT2D eigenvalue weighted by molar-refractivity contribution is 0.233. The molecule has 0 unspecified atom stereocenters. The number of ether oxygens (including phenoxy) is 2. The van der Waals surface area contributed by atoms with Gasteiger partial charge in [-0.25, -0.2) is 0 Å². The number of hydrogen-bond acceptors (Lipinski definition) is 3. The van der Waals surface area contributed by atoms with Crippen LogP contribution in [0, 0.1) is 0 Å². The van der Waals surface area contributed by atoms with Gasteiger partial charge >= 0.3 is 0 Å². The minimum Gasteiger partial charge on any atom is -0.494 e. The second-order valence-corrected chi connectivity index (χ2v) is 3.00. The molecule has 82 valence electrons. The molecule has 0 radical (unpaired) electrons. The van der Waals surface area contributed by atoms with E-state index in [2.05, 4.69) is 6.58 Å². The first-order chi connectivity index (χ1) is 7.36. The number of aliphatic hydroxyl groups excluding tert-OH is 1. The summed E-state index contributed by atoms with van der Waals surface area (Å²) < 4.78 is 10.7. The summed E-state index contributed by atoms with van der Waals surface area (Å²) in [6.07, 6.45) is 2.35. The van der Waals surface area contributed by atoms with Crippen molar-refractivity contribution in [2.24, 2.45) is 0 Å². The van der Waals surface area contributed by atoms with Gasteiger partial charge in [-0.15, -0.1) is 0 Å². The molecule has 0 bridgehead atoms. The first-order valence-electron chi connectivity index (χ1n) is 4.94. The fraction of sp³-hybridized carbons (Fsp3) is 0.333. The lowest BCUT2D eigenvalue weighted by Gasteiger charge is -2.06. The quantitative estimate of drug-likeness (QED) is 0.550. The van der Waals surface area contributed by atoms with Gasteiger partial charge in [0.2, 0.25) is 0 Å². The van der Waals surface area contributed by atoms with E-state index in [1.54, 1.807) is 6.08 Å². The zero-order chi connectivity index (χ0) is 10.9. The molecule has 0 heterocycles. The zero-order valence-electron chi connectivity index (χ0n) is 8.69. The van der Waals surface area contributed by atoms with E-state index in [1.807, 2.05) is 24.3 Å². The summed E-state index contributed by atoms with van der Waals surface area (Å²) in [6, 6.07) is 7.38. The minimum atomic E-state index is 0.153. The Morgan fingerprint density at radius 3 is 2.27 bits per heavy atom. The van der Waals surface area contributed by atoms with Gasteiger partial charge in [-0.2, -0.15) is 0 Å². The first kappa shape index (κ1) is 11.6. The summed E-state index contributed by atoms with van der Waals surface area (Å²) in [5, 5.41) is 8.58. The van der Waals surface area contributed by atoms with Crippen LogP contribution in [0.3, 0.4) is 0 Å². The third-order valence-corrected chi connectivity index (χ3v) is 1.76. The summed E-state index contributed by atoms with van der Waals surface area (Å²) in [6.45, 7) is 4.76. The molecule has 0 aromatic heterocycles. The zero-order valence-corrected chi connectivity index (χ0v) is 8.69. The summed E-state index contributed by atoms with van der Waals surface area (Å²) in [4.78, 5) is 0. The molecular formula is C12H16O3. The largest absolute Gasteiger partial charge is 0.494 e. The molecule has 15 heavy (non-hydrogen) atoms. The van der Waals surface area contributed by atoms with Crippen LogP contribution in [-0.4, -0.2) is 24.9 Å². The molecule has 0 aliphatic carbocycles. The molecule has 0 aliphatic rings. The molecule has 1 aromatic rings. The van der Waals surface area contributed by atoms with Crippen molar-refractivity contribution in [3.8, 4) is 11.5 Å². The van der Waals surface area contributed by atoms with Crippen molar-refractivity contribution in [3.63, 3.8) is 0 Å². The van der Waals surface area contributed by atoms with Crippen molar-refractivity contribution >= 4 is 0 Å². The van der Waals surface area contributed by atoms with Gasteiger partial charge in [0.05, 0.1) is 6.61 Å². The molecule has 3 heteroatoms. The Balaban J connectivity index is 2.38. The van der Waals surface area contributed by atoms with Gasteiger partial charge in [-0.3, -0.25) is 0 Å². The third kappa shape index (κ3) is 4.51. The molecule has 1 rings (SSSR count). The average molecular weight is 208 g/mol. The monoisotopic (exact) mass is 208 g/mol. The first-order valence-corrected chi connectivity index (χ1v) is 4.94. The third-order valence-electron chi connectivity index (χ3n) is 1.76. The van der Waals surface area contributed by atoms with Crippen LogP contribution in [0.5, 0.6) is 11.5 Å². The van der Waals surface area contributed by atoms with Crippen LogP contribution < -0.4 is 9.47 Å². The molecule has 0 atom stereocenters. The summed E-state index contributed by atoms with van der Waals surface area (Å²) in [7, 11) is 0. The Morgan fingerprint density at radius 1 is 1.13 bits per heavy atom. The van der Waals surface area contributed by atoms with E-state index in [4.69, 9.17) is 14.6 Å². The van der Waals surface area contributed by atoms with Crippen LogP contribution in [0.15, 0.2) is 36.9 Å².